The summed E-state index contributed by atoms with van der Waals surface area (Å²) in [7, 11) is 0. The van der Waals surface area contributed by atoms with Crippen LogP contribution in [0.3, 0.4) is 0 Å². The van der Waals surface area contributed by atoms with E-state index in [4.69, 9.17) is 9.97 Å². The summed E-state index contributed by atoms with van der Waals surface area (Å²) < 4.78 is 0. The van der Waals surface area contributed by atoms with E-state index in [0.717, 1.165) is 38.9 Å². The van der Waals surface area contributed by atoms with E-state index in [1.807, 2.05) is 19.1 Å². The van der Waals surface area contributed by atoms with Crippen molar-refractivity contribution in [1.29, 1.82) is 0 Å². The summed E-state index contributed by atoms with van der Waals surface area (Å²) >= 11 is 0. The van der Waals surface area contributed by atoms with E-state index in [1.165, 1.54) is 76.8 Å². The Balaban J connectivity index is 1.06. The van der Waals surface area contributed by atoms with Crippen molar-refractivity contribution in [1.82, 2.24) is 9.97 Å². The Morgan fingerprint density at radius 3 is 1.65 bits per heavy atom. The monoisotopic (exact) mass is 792 g/mol. The van der Waals surface area contributed by atoms with E-state index < -0.39 is 0 Å². The molecule has 0 bridgehead atoms. The highest BCUT2D eigenvalue weighted by Crippen LogP contribution is 2.52. The first-order chi connectivity index (χ1) is 30.4. The summed E-state index contributed by atoms with van der Waals surface area (Å²) in [6.45, 7) is 10.7. The molecule has 0 saturated heterocycles. The molecule has 0 atom stereocenters. The molecular weight excluding hydrogens is 749 g/mol. The molecule has 0 amide bonds. The van der Waals surface area contributed by atoms with Gasteiger partial charge in [0, 0.05) is 22.1 Å². The molecule has 0 unspecified atom stereocenters. The molecule has 2 heteroatoms. The molecule has 2 nitrogen and oxygen atoms in total. The maximum Gasteiger partial charge on any atom is 0.160 e. The van der Waals surface area contributed by atoms with Crippen LogP contribution in [0.15, 0.2) is 207 Å². The zero-order valence-electron chi connectivity index (χ0n) is 35.2. The summed E-state index contributed by atoms with van der Waals surface area (Å²) in [4.78, 5) is 10.5. The molecule has 62 heavy (non-hydrogen) atoms. The van der Waals surface area contributed by atoms with Gasteiger partial charge in [-0.1, -0.05) is 209 Å². The molecule has 10 aromatic rings. The van der Waals surface area contributed by atoms with Crippen LogP contribution in [0.4, 0.5) is 0 Å². The minimum absolute atomic E-state index is 0.0917. The van der Waals surface area contributed by atoms with Crippen molar-refractivity contribution in [3.05, 3.63) is 224 Å². The molecule has 0 saturated carbocycles. The Kier molecular flexibility index (Phi) is 8.91. The van der Waals surface area contributed by atoms with E-state index in [1.54, 1.807) is 6.08 Å². The highest BCUT2D eigenvalue weighted by molar-refractivity contribution is 6.12. The molecule has 9 aromatic carbocycles. The van der Waals surface area contributed by atoms with Crippen LogP contribution < -0.4 is 0 Å². The number of nitrogens with zero attached hydrogens (tertiary/aromatic N) is 2. The molecule has 0 N–H and O–H groups in total. The molecule has 0 aliphatic heterocycles. The van der Waals surface area contributed by atoms with Crippen molar-refractivity contribution in [2.24, 2.45) is 0 Å². The topological polar surface area (TPSA) is 25.8 Å². The second-order valence-corrected chi connectivity index (χ2v) is 16.8. The second-order valence-electron chi connectivity index (χ2n) is 16.8. The molecule has 1 heterocycles. The lowest BCUT2D eigenvalue weighted by atomic mass is 9.80. The van der Waals surface area contributed by atoms with E-state index in [-0.39, 0.29) is 5.41 Å². The quantitative estimate of drug-likeness (QED) is 0.150. The minimum Gasteiger partial charge on any atom is -0.228 e. The van der Waals surface area contributed by atoms with E-state index in [9.17, 15) is 0 Å². The number of fused-ring (bicyclic) bond motifs is 8. The lowest BCUT2D eigenvalue weighted by Gasteiger charge is -2.23. The first kappa shape index (κ1) is 37.3. The van der Waals surface area contributed by atoms with Crippen molar-refractivity contribution in [3.63, 3.8) is 0 Å². The third-order valence-electron chi connectivity index (χ3n) is 13.0. The van der Waals surface area contributed by atoms with Crippen LogP contribution in [0.2, 0.25) is 0 Å². The summed E-state index contributed by atoms with van der Waals surface area (Å²) in [5.74, 6) is 0.674. The van der Waals surface area contributed by atoms with E-state index in [0.29, 0.717) is 5.82 Å². The van der Waals surface area contributed by atoms with Gasteiger partial charge in [-0.25, -0.2) is 9.97 Å². The first-order valence-electron chi connectivity index (χ1n) is 21.5. The van der Waals surface area contributed by atoms with Crippen LogP contribution in [0.25, 0.3) is 105 Å². The third-order valence-corrected chi connectivity index (χ3v) is 13.0. The van der Waals surface area contributed by atoms with Gasteiger partial charge < -0.3 is 0 Å². The predicted molar refractivity (Wildman–Crippen MR) is 264 cm³/mol. The normalized spacial score (nSPS) is 13.3. The van der Waals surface area contributed by atoms with Crippen LogP contribution in [-0.2, 0) is 5.41 Å². The van der Waals surface area contributed by atoms with Crippen molar-refractivity contribution >= 4 is 48.7 Å². The van der Waals surface area contributed by atoms with Crippen molar-refractivity contribution in [2.45, 2.75) is 26.2 Å². The Morgan fingerprint density at radius 2 is 0.984 bits per heavy atom. The zero-order chi connectivity index (χ0) is 42.0. The van der Waals surface area contributed by atoms with Crippen molar-refractivity contribution < 1.29 is 0 Å². The Labute approximate surface area is 362 Å². The van der Waals surface area contributed by atoms with Gasteiger partial charge in [0.1, 0.15) is 0 Å². The Hall–Kier alpha value is -7.68. The Bertz CT molecular complexity index is 3520. The average molecular weight is 793 g/mol. The standard InChI is InChI=1S/C60H44N2/c1-5-7-17-38(6-2)59-61-56(51-27-16-20-39-18-8-10-21-42(39)51)37-57(62-59)52-34-33-50(47-25-14-15-26-48(47)52)49-32-31-43(45-23-12-13-24-46(45)49)41-29-35-55-54(36-41)53-30-28-40-19-9-11-22-44(40)58(53)60(55,3)4/h5-37H,1H2,2-4H3/b17-7-,38-6+. The highest BCUT2D eigenvalue weighted by Gasteiger charge is 2.37. The summed E-state index contributed by atoms with van der Waals surface area (Å²) in [5, 5.41) is 9.75. The van der Waals surface area contributed by atoms with Gasteiger partial charge in [-0.3, -0.25) is 0 Å². The summed E-state index contributed by atoms with van der Waals surface area (Å²) in [5.41, 5.74) is 15.1. The predicted octanol–water partition coefficient (Wildman–Crippen LogP) is 16.2. The minimum atomic E-state index is -0.0917. The SMILES string of the molecule is C=C/C=C\C(=C/C)c1nc(-c2cccc3ccccc23)cc(-c2ccc(-c3ccc(-c4ccc5c(c4)-c4ccc6ccccc6c4C5(C)C)c4ccccc34)c3ccccc23)n1. The molecule has 1 aliphatic carbocycles. The van der Waals surface area contributed by atoms with Gasteiger partial charge in [-0.15, -0.1) is 0 Å². The lowest BCUT2D eigenvalue weighted by Crippen LogP contribution is -2.15. The molecule has 11 rings (SSSR count). The third kappa shape index (κ3) is 5.94. The number of benzene rings is 9. The lowest BCUT2D eigenvalue weighted by molar-refractivity contribution is 0.666. The zero-order valence-corrected chi connectivity index (χ0v) is 35.2. The van der Waals surface area contributed by atoms with Gasteiger partial charge in [-0.05, 0) is 107 Å². The van der Waals surface area contributed by atoms with Gasteiger partial charge in [0.15, 0.2) is 5.82 Å². The Morgan fingerprint density at radius 1 is 0.468 bits per heavy atom. The fraction of sp³-hybridized carbons (Fsp3) is 0.0667. The van der Waals surface area contributed by atoms with Crippen molar-refractivity contribution in [3.8, 4) is 55.9 Å². The van der Waals surface area contributed by atoms with Crippen LogP contribution in [0.5, 0.6) is 0 Å². The van der Waals surface area contributed by atoms with Crippen molar-refractivity contribution in [2.75, 3.05) is 0 Å². The highest BCUT2D eigenvalue weighted by atomic mass is 14.9. The summed E-state index contributed by atoms with van der Waals surface area (Å²) in [6.07, 6.45) is 7.81. The fourth-order valence-corrected chi connectivity index (χ4v) is 10.1. The molecule has 1 aromatic heterocycles. The number of hydrogen-bond acceptors (Lipinski definition) is 2. The maximum absolute atomic E-state index is 5.28. The van der Waals surface area contributed by atoms with Gasteiger partial charge in [0.25, 0.3) is 0 Å². The fourth-order valence-electron chi connectivity index (χ4n) is 10.1. The van der Waals surface area contributed by atoms with Gasteiger partial charge in [-0.2, -0.15) is 0 Å². The average Bonchev–Trinajstić information content (AvgIpc) is 3.56. The number of aromatic nitrogens is 2. The van der Waals surface area contributed by atoms with Crippen LogP contribution in [0.1, 0.15) is 37.7 Å². The summed E-state index contributed by atoms with van der Waals surface area (Å²) in [6, 6.07) is 64.4. The van der Waals surface area contributed by atoms with Crippen LogP contribution in [-0.4, -0.2) is 9.97 Å². The molecule has 294 valence electrons. The largest absolute Gasteiger partial charge is 0.228 e. The van der Waals surface area contributed by atoms with E-state index in [2.05, 4.69) is 202 Å². The molecule has 1 aliphatic rings. The van der Waals surface area contributed by atoms with Gasteiger partial charge in [0.2, 0.25) is 0 Å². The van der Waals surface area contributed by atoms with Gasteiger partial charge >= 0.3 is 0 Å². The van der Waals surface area contributed by atoms with Gasteiger partial charge in [0.05, 0.1) is 11.4 Å². The van der Waals surface area contributed by atoms with Crippen LogP contribution >= 0.6 is 0 Å². The molecule has 0 spiro atoms. The first-order valence-corrected chi connectivity index (χ1v) is 21.5. The maximum atomic E-state index is 5.28. The molecule has 0 radical (unpaired) electrons. The smallest absolute Gasteiger partial charge is 0.160 e. The molecular formula is C60H44N2. The van der Waals surface area contributed by atoms with E-state index >= 15 is 0 Å². The molecule has 0 fully saturated rings. The number of allylic oxidation sites excluding steroid dienone is 5. The van der Waals surface area contributed by atoms with Crippen LogP contribution in [0, 0.1) is 0 Å². The number of rotatable bonds is 7. The number of hydrogen-bond donors (Lipinski definition) is 0. The second kappa shape index (κ2) is 14.8.